The normalized spacial score (nSPS) is 15.1. The number of rotatable bonds is 12. The monoisotopic (exact) mass is 1020 g/mol. The largest absolute Gasteiger partial charge is 0.478 e. The zero-order valence-electron chi connectivity index (χ0n) is 41.7. The molecule has 2 aliphatic carbocycles. The van der Waals surface area contributed by atoms with E-state index in [2.05, 4.69) is 53.3 Å². The number of carbonyl (C=O) groups excluding carboxylic acids is 1. The summed E-state index contributed by atoms with van der Waals surface area (Å²) in [6, 6.07) is 26.9. The van der Waals surface area contributed by atoms with Gasteiger partial charge in [0.25, 0.3) is 0 Å². The summed E-state index contributed by atoms with van der Waals surface area (Å²) < 4.78 is 15.0. The molecule has 7 N–H and O–H groups in total. The van der Waals surface area contributed by atoms with E-state index in [-0.39, 0.29) is 23.8 Å². The highest BCUT2D eigenvalue weighted by molar-refractivity contribution is 5.95. The molecule has 4 fully saturated rings. The van der Waals surface area contributed by atoms with Gasteiger partial charge < -0.3 is 55.6 Å². The van der Waals surface area contributed by atoms with Crippen LogP contribution in [0, 0.1) is 5.92 Å². The van der Waals surface area contributed by atoms with Crippen LogP contribution in [-0.4, -0.2) is 127 Å². The molecule has 0 radical (unpaired) electrons. The maximum Gasteiger partial charge on any atom is 0.335 e. The van der Waals surface area contributed by atoms with E-state index >= 15 is 0 Å². The Labute approximate surface area is 435 Å². The summed E-state index contributed by atoms with van der Waals surface area (Å²) in [6.45, 7) is 5.48. The topological polar surface area (TPSA) is 255 Å². The molecule has 12 rings (SSSR count). The van der Waals surface area contributed by atoms with Gasteiger partial charge in [-0.2, -0.15) is 9.97 Å². The number of nitrogens with two attached hydrogens (primary N) is 2. The summed E-state index contributed by atoms with van der Waals surface area (Å²) in [5.74, 6) is 2.28. The molecule has 21 heteroatoms. The van der Waals surface area contributed by atoms with E-state index in [1.54, 1.807) is 42.9 Å². The maximum atomic E-state index is 12.4. The molecule has 0 bridgehead atoms. The molecule has 8 aromatic rings. The zero-order chi connectivity index (χ0) is 50.8. The van der Waals surface area contributed by atoms with Crippen LogP contribution in [0.15, 0.2) is 104 Å². The number of carbonyl (C=O) groups is 2. The van der Waals surface area contributed by atoms with E-state index in [1.807, 2.05) is 72.0 Å². The SMILES string of the molecule is CN.Cl.Cn1cnc2ccc(-c3cc(Nc4ccc(C(=O)CC5CC5)nc4)nc(N4CCOCC4)n3)cc21.Cn1cnc2ccc(-c3cc(Nc4ccc(C(=O)O)cc4)nc(N4CCOCC4)n3)cc21.NC1CC1. The van der Waals surface area contributed by atoms with Gasteiger partial charge in [-0.05, 0) is 99.3 Å². The number of aryl methyl sites for hydroxylation is 2. The highest BCUT2D eigenvalue weighted by Gasteiger charge is 2.26. The van der Waals surface area contributed by atoms with Crippen molar-refractivity contribution in [1.82, 2.24) is 44.0 Å². The predicted octanol–water partition coefficient (Wildman–Crippen LogP) is 7.40. The van der Waals surface area contributed by atoms with Crippen molar-refractivity contribution < 1.29 is 24.2 Å². The maximum absolute atomic E-state index is 12.4. The number of imidazole rings is 2. The first-order chi connectivity index (χ1) is 35.6. The van der Waals surface area contributed by atoms with Crippen LogP contribution in [0.5, 0.6) is 0 Å². The van der Waals surface area contributed by atoms with Crippen molar-refractivity contribution in [3.63, 3.8) is 0 Å². The second-order valence-electron chi connectivity index (χ2n) is 18.2. The Bertz CT molecular complexity index is 3170. The molecule has 0 spiro atoms. The van der Waals surface area contributed by atoms with Gasteiger partial charge in [0.15, 0.2) is 5.78 Å². The third-order valence-corrected chi connectivity index (χ3v) is 12.6. The predicted molar refractivity (Wildman–Crippen MR) is 290 cm³/mol. The van der Waals surface area contributed by atoms with Crippen LogP contribution in [0.4, 0.5) is 34.9 Å². The Balaban J connectivity index is 0.000000176. The number of nitrogens with one attached hydrogen (secondary N) is 2. The summed E-state index contributed by atoms with van der Waals surface area (Å²) in [7, 11) is 5.45. The van der Waals surface area contributed by atoms with Gasteiger partial charge in [-0.15, -0.1) is 12.4 Å². The first kappa shape index (κ1) is 52.7. The van der Waals surface area contributed by atoms with Crippen LogP contribution in [0.2, 0.25) is 0 Å². The lowest BCUT2D eigenvalue weighted by Crippen LogP contribution is -2.37. The molecule has 74 heavy (non-hydrogen) atoms. The van der Waals surface area contributed by atoms with Crippen LogP contribution in [0.25, 0.3) is 44.6 Å². The van der Waals surface area contributed by atoms with Crippen molar-refractivity contribution in [3.05, 3.63) is 115 Å². The number of ketones is 1. The van der Waals surface area contributed by atoms with Crippen LogP contribution in [-0.2, 0) is 23.6 Å². The van der Waals surface area contributed by atoms with E-state index in [9.17, 15) is 9.59 Å². The molecule has 2 aliphatic heterocycles. The van der Waals surface area contributed by atoms with Gasteiger partial charge in [0.1, 0.15) is 17.3 Å². The van der Waals surface area contributed by atoms with Gasteiger partial charge in [0.05, 0.1) is 90.0 Å². The van der Waals surface area contributed by atoms with E-state index in [0.29, 0.717) is 74.0 Å². The Kier molecular flexibility index (Phi) is 17.4. The third kappa shape index (κ3) is 13.5. The number of nitrogens with zero attached hydrogens (tertiary/aromatic N) is 11. The highest BCUT2D eigenvalue weighted by Crippen LogP contribution is 2.34. The summed E-state index contributed by atoms with van der Waals surface area (Å²) in [5, 5.41) is 15.8. The average molecular weight is 1020 g/mol. The smallest absolute Gasteiger partial charge is 0.335 e. The van der Waals surface area contributed by atoms with Gasteiger partial charge in [0.2, 0.25) is 11.9 Å². The Morgan fingerprint density at radius 2 is 1.11 bits per heavy atom. The first-order valence-electron chi connectivity index (χ1n) is 24.5. The number of carboxylic acids is 1. The first-order valence-corrected chi connectivity index (χ1v) is 24.5. The molecule has 0 amide bonds. The van der Waals surface area contributed by atoms with Crippen molar-refractivity contribution in [2.24, 2.45) is 31.5 Å². The van der Waals surface area contributed by atoms with Gasteiger partial charge in [-0.25, -0.2) is 24.7 Å². The number of carboxylic acid groups (broad SMARTS) is 1. The molecule has 4 aliphatic rings. The Hall–Kier alpha value is -7.62. The fourth-order valence-corrected chi connectivity index (χ4v) is 8.08. The second-order valence-corrected chi connectivity index (χ2v) is 18.2. The lowest BCUT2D eigenvalue weighted by Gasteiger charge is -2.27. The summed E-state index contributed by atoms with van der Waals surface area (Å²) in [4.78, 5) is 60.2. The van der Waals surface area contributed by atoms with E-state index in [1.165, 1.54) is 19.9 Å². The molecule has 2 saturated heterocycles. The summed E-state index contributed by atoms with van der Waals surface area (Å²) in [5.41, 5.74) is 19.5. The lowest BCUT2D eigenvalue weighted by atomic mass is 10.1. The zero-order valence-corrected chi connectivity index (χ0v) is 42.5. The number of aromatic nitrogens is 9. The van der Waals surface area contributed by atoms with Crippen molar-refractivity contribution in [2.75, 3.05) is 80.1 Å². The fourth-order valence-electron chi connectivity index (χ4n) is 8.08. The van der Waals surface area contributed by atoms with Crippen LogP contribution < -0.4 is 31.9 Å². The number of aromatic carboxylic acids is 1. The van der Waals surface area contributed by atoms with Crippen LogP contribution >= 0.6 is 12.4 Å². The number of Topliss-reactive ketones (excluding diaryl/α,β-unsaturated/α-hetero) is 1. The summed E-state index contributed by atoms with van der Waals surface area (Å²) in [6.07, 6.45) is 10.7. The van der Waals surface area contributed by atoms with Gasteiger partial charge in [0, 0.05) is 81.7 Å². The van der Waals surface area contributed by atoms with Crippen LogP contribution in [0.1, 0.15) is 53.0 Å². The van der Waals surface area contributed by atoms with Gasteiger partial charge >= 0.3 is 5.97 Å². The summed E-state index contributed by atoms with van der Waals surface area (Å²) >= 11 is 0. The van der Waals surface area contributed by atoms with Crippen molar-refractivity contribution in [1.29, 1.82) is 0 Å². The highest BCUT2D eigenvalue weighted by atomic mass is 35.5. The minimum Gasteiger partial charge on any atom is -0.478 e. The second kappa shape index (κ2) is 24.4. The molecule has 5 aromatic heterocycles. The Morgan fingerprint density at radius 1 is 0.635 bits per heavy atom. The molecule has 386 valence electrons. The van der Waals surface area contributed by atoms with Crippen molar-refractivity contribution in [2.45, 2.75) is 38.1 Å². The number of pyridine rings is 1. The number of benzene rings is 3. The number of ether oxygens (including phenoxy) is 2. The molecular weight excluding hydrogens is 962 g/mol. The minimum atomic E-state index is -0.957. The molecule has 20 nitrogen and oxygen atoms in total. The fraction of sp³-hybridized carbons (Fsp3) is 0.340. The van der Waals surface area contributed by atoms with E-state index in [0.717, 1.165) is 95.0 Å². The molecule has 2 saturated carbocycles. The lowest BCUT2D eigenvalue weighted by molar-refractivity contribution is 0.0696. The third-order valence-electron chi connectivity index (χ3n) is 12.6. The van der Waals surface area contributed by atoms with E-state index < -0.39 is 5.97 Å². The number of anilines is 6. The van der Waals surface area contributed by atoms with Crippen LogP contribution in [0.3, 0.4) is 0 Å². The van der Waals surface area contributed by atoms with Crippen molar-refractivity contribution in [3.8, 4) is 22.5 Å². The standard InChI is InChI=1S/C26H27N7O2.C23H22N6O3.C3H7N.CH5N.ClH/c1-32-16-28-20-6-4-18(13-23(20)32)22-14-25(31-26(30-22)33-8-10-35-11-9-33)29-19-5-7-21(27-15-19)24(34)12-17-2-3-17;1-28-14-24-18-7-4-16(12-20(18)28)19-13-21(25-17-5-2-15(3-6-17)22(30)31)27-23(26-19)29-8-10-32-11-9-29;4-3-1-2-3;1-2;/h4-7,13-17H,2-3,8-12H2,1H3,(H,29,30,31);2-7,12-14H,8-11H2,1H3,(H,30,31)(H,25,26,27);3H,1-2,4H2;2H2,1H3;1H. The number of hydrogen-bond donors (Lipinski definition) is 5. The minimum absolute atomic E-state index is 0. The molecule has 7 heterocycles. The number of hydrogen-bond acceptors (Lipinski definition) is 17. The Morgan fingerprint density at radius 3 is 1.54 bits per heavy atom. The number of fused-ring (bicyclic) bond motifs is 2. The number of halogens is 1. The van der Waals surface area contributed by atoms with Gasteiger partial charge in [-0.1, -0.05) is 12.1 Å². The van der Waals surface area contributed by atoms with E-state index in [4.69, 9.17) is 40.2 Å². The molecule has 0 unspecified atom stereocenters. The molecule has 3 aromatic carbocycles. The number of morpholine rings is 2. The molecule has 0 atom stereocenters. The molecular formula is C53H62ClN15O5. The quantitative estimate of drug-likeness (QED) is 0.0747. The van der Waals surface area contributed by atoms with Crippen molar-refractivity contribution >= 4 is 81.1 Å². The average Bonchev–Trinajstić information content (AvgIpc) is 4.36. The van der Waals surface area contributed by atoms with Gasteiger partial charge in [-0.3, -0.25) is 9.78 Å².